The Bertz CT molecular complexity index is 791. The molecule has 2 aliphatic heterocycles. The summed E-state index contributed by atoms with van der Waals surface area (Å²) < 4.78 is 27.1. The summed E-state index contributed by atoms with van der Waals surface area (Å²) in [5.74, 6) is -0.115. The zero-order valence-corrected chi connectivity index (χ0v) is 19.2. The number of hydrogen-bond donors (Lipinski definition) is 1. The summed E-state index contributed by atoms with van der Waals surface area (Å²) in [6, 6.07) is 8.03. The van der Waals surface area contributed by atoms with Crippen LogP contribution in [0.1, 0.15) is 42.1 Å². The van der Waals surface area contributed by atoms with Crippen LogP contribution in [0, 0.1) is 6.92 Å². The van der Waals surface area contributed by atoms with Gasteiger partial charge in [0.05, 0.1) is 5.75 Å². The molecule has 1 atom stereocenters. The lowest BCUT2D eigenvalue weighted by Gasteiger charge is -2.35. The van der Waals surface area contributed by atoms with Crippen LogP contribution in [0.2, 0.25) is 0 Å². The van der Waals surface area contributed by atoms with Crippen LogP contribution in [-0.2, 0) is 10.0 Å². The molecule has 1 N–H and O–H groups in total. The SMILES string of the molecule is Cc1ccc(C(=O)N(CCN2CCCC[C@H]2C)CCS(=O)(=O)N2CCNCC2)cc1. The minimum absolute atomic E-state index is 0.0276. The van der Waals surface area contributed by atoms with Crippen molar-refractivity contribution >= 4 is 15.9 Å². The quantitative estimate of drug-likeness (QED) is 0.669. The Morgan fingerprint density at radius 3 is 2.47 bits per heavy atom. The fraction of sp³-hybridized carbons (Fsp3) is 0.682. The van der Waals surface area contributed by atoms with Gasteiger partial charge in [-0.15, -0.1) is 0 Å². The van der Waals surface area contributed by atoms with Gasteiger partial charge in [0.1, 0.15) is 0 Å². The first-order valence-corrected chi connectivity index (χ1v) is 12.8. The molecule has 30 heavy (non-hydrogen) atoms. The van der Waals surface area contributed by atoms with Crippen molar-refractivity contribution in [1.82, 2.24) is 19.4 Å². The molecule has 2 saturated heterocycles. The molecular weight excluding hydrogens is 400 g/mol. The van der Waals surface area contributed by atoms with Crippen molar-refractivity contribution in [1.29, 1.82) is 0 Å². The van der Waals surface area contributed by atoms with Crippen molar-refractivity contribution in [3.8, 4) is 0 Å². The molecular formula is C22H36N4O3S. The number of piperazine rings is 1. The zero-order valence-electron chi connectivity index (χ0n) is 18.3. The highest BCUT2D eigenvalue weighted by Gasteiger charge is 2.27. The highest BCUT2D eigenvalue weighted by molar-refractivity contribution is 7.89. The van der Waals surface area contributed by atoms with E-state index in [1.807, 2.05) is 31.2 Å². The number of aryl methyl sites for hydroxylation is 1. The molecule has 0 bridgehead atoms. The first kappa shape index (κ1) is 23.2. The number of benzene rings is 1. The van der Waals surface area contributed by atoms with E-state index in [-0.39, 0.29) is 18.2 Å². The molecule has 168 valence electrons. The Hall–Kier alpha value is -1.48. The third-order valence-corrected chi connectivity index (χ3v) is 8.12. The normalized spacial score (nSPS) is 21.5. The summed E-state index contributed by atoms with van der Waals surface area (Å²) in [4.78, 5) is 17.3. The Kier molecular flexibility index (Phi) is 8.27. The van der Waals surface area contributed by atoms with Crippen molar-refractivity contribution in [2.75, 3.05) is 58.1 Å². The van der Waals surface area contributed by atoms with Crippen LogP contribution in [0.25, 0.3) is 0 Å². The molecule has 2 fully saturated rings. The van der Waals surface area contributed by atoms with Crippen molar-refractivity contribution in [3.63, 3.8) is 0 Å². The van der Waals surface area contributed by atoms with Crippen molar-refractivity contribution in [2.24, 2.45) is 0 Å². The average molecular weight is 437 g/mol. The molecule has 0 aromatic heterocycles. The number of hydrogen-bond acceptors (Lipinski definition) is 5. The number of amides is 1. The van der Waals surface area contributed by atoms with Gasteiger partial charge in [-0.1, -0.05) is 24.1 Å². The number of sulfonamides is 1. The second-order valence-electron chi connectivity index (χ2n) is 8.50. The first-order chi connectivity index (χ1) is 14.4. The molecule has 0 radical (unpaired) electrons. The molecule has 2 aliphatic rings. The lowest BCUT2D eigenvalue weighted by atomic mass is 10.0. The highest BCUT2D eigenvalue weighted by Crippen LogP contribution is 2.16. The maximum Gasteiger partial charge on any atom is 0.253 e. The lowest BCUT2D eigenvalue weighted by Crippen LogP contribution is -2.49. The molecule has 0 saturated carbocycles. The van der Waals surface area contributed by atoms with Gasteiger partial charge in [-0.25, -0.2) is 8.42 Å². The van der Waals surface area contributed by atoms with Gasteiger partial charge in [0.2, 0.25) is 10.0 Å². The predicted molar refractivity (Wildman–Crippen MR) is 120 cm³/mol. The summed E-state index contributed by atoms with van der Waals surface area (Å²) in [6.07, 6.45) is 3.63. The van der Waals surface area contributed by atoms with E-state index in [1.165, 1.54) is 19.3 Å². The summed E-state index contributed by atoms with van der Waals surface area (Å²) in [7, 11) is -3.37. The third-order valence-electron chi connectivity index (χ3n) is 6.27. The van der Waals surface area contributed by atoms with Crippen LogP contribution in [0.3, 0.4) is 0 Å². The average Bonchev–Trinajstić information content (AvgIpc) is 2.75. The van der Waals surface area contributed by atoms with Gasteiger partial charge < -0.3 is 10.2 Å². The smallest absolute Gasteiger partial charge is 0.253 e. The molecule has 0 unspecified atom stereocenters. The molecule has 1 aromatic carbocycles. The topological polar surface area (TPSA) is 73.0 Å². The number of nitrogens with one attached hydrogen (secondary N) is 1. The van der Waals surface area contributed by atoms with Crippen molar-refractivity contribution in [2.45, 2.75) is 39.2 Å². The maximum absolute atomic E-state index is 13.2. The Morgan fingerprint density at radius 1 is 1.10 bits per heavy atom. The summed E-state index contributed by atoms with van der Waals surface area (Å²) in [5.41, 5.74) is 1.72. The highest BCUT2D eigenvalue weighted by atomic mass is 32.2. The largest absolute Gasteiger partial charge is 0.336 e. The van der Waals surface area contributed by atoms with E-state index >= 15 is 0 Å². The molecule has 3 rings (SSSR count). The zero-order chi connectivity index (χ0) is 21.6. The molecule has 7 nitrogen and oxygen atoms in total. The standard InChI is InChI=1S/C22H36N4O3S/c1-19-6-8-21(9-7-19)22(27)25(16-15-24-12-4-3-5-20(24)2)17-18-30(28,29)26-13-10-23-11-14-26/h6-9,20,23H,3-5,10-18H2,1-2H3/t20-/m1/s1. The second kappa shape index (κ2) is 10.7. The van der Waals surface area contributed by atoms with E-state index in [0.29, 0.717) is 44.3 Å². The Labute approximate surface area is 181 Å². The fourth-order valence-corrected chi connectivity index (χ4v) is 5.66. The number of piperidine rings is 1. The summed E-state index contributed by atoms with van der Waals surface area (Å²) >= 11 is 0. The molecule has 1 aromatic rings. The maximum atomic E-state index is 13.2. The monoisotopic (exact) mass is 436 g/mol. The summed E-state index contributed by atoms with van der Waals surface area (Å²) in [6.45, 7) is 9.19. The fourth-order valence-electron chi connectivity index (χ4n) is 4.21. The van der Waals surface area contributed by atoms with Crippen molar-refractivity contribution in [3.05, 3.63) is 35.4 Å². The van der Waals surface area contributed by atoms with E-state index < -0.39 is 10.0 Å². The third kappa shape index (κ3) is 6.26. The van der Waals surface area contributed by atoms with Crippen LogP contribution < -0.4 is 5.32 Å². The first-order valence-electron chi connectivity index (χ1n) is 11.2. The van der Waals surface area contributed by atoms with Crippen LogP contribution in [0.15, 0.2) is 24.3 Å². The van der Waals surface area contributed by atoms with E-state index in [4.69, 9.17) is 0 Å². The van der Waals surface area contributed by atoms with Gasteiger partial charge in [0.15, 0.2) is 0 Å². The molecule has 1 amide bonds. The predicted octanol–water partition coefficient (Wildman–Crippen LogP) is 1.55. The number of carbonyl (C=O) groups excluding carboxylic acids is 1. The summed E-state index contributed by atoms with van der Waals surface area (Å²) in [5, 5.41) is 3.18. The van der Waals surface area contributed by atoms with E-state index in [2.05, 4.69) is 17.1 Å². The number of carbonyl (C=O) groups is 1. The van der Waals surface area contributed by atoms with Gasteiger partial charge in [0.25, 0.3) is 5.91 Å². The Morgan fingerprint density at radius 2 is 1.80 bits per heavy atom. The minimum atomic E-state index is -3.37. The van der Waals surface area contributed by atoms with Crippen LogP contribution in [0.4, 0.5) is 0 Å². The number of nitrogens with zero attached hydrogens (tertiary/aromatic N) is 3. The lowest BCUT2D eigenvalue weighted by molar-refractivity contribution is 0.0717. The van der Waals surface area contributed by atoms with Gasteiger partial charge in [-0.05, 0) is 45.4 Å². The van der Waals surface area contributed by atoms with E-state index in [1.54, 1.807) is 9.21 Å². The molecule has 0 spiro atoms. The van der Waals surface area contributed by atoms with Crippen LogP contribution in [0.5, 0.6) is 0 Å². The van der Waals surface area contributed by atoms with E-state index in [0.717, 1.165) is 18.7 Å². The number of rotatable bonds is 8. The second-order valence-corrected chi connectivity index (χ2v) is 10.6. The van der Waals surface area contributed by atoms with Gasteiger partial charge in [-0.3, -0.25) is 9.69 Å². The molecule has 8 heteroatoms. The van der Waals surface area contributed by atoms with Gasteiger partial charge in [-0.2, -0.15) is 4.31 Å². The Balaban J connectivity index is 1.67. The van der Waals surface area contributed by atoms with Crippen LogP contribution in [-0.4, -0.2) is 92.6 Å². The van der Waals surface area contributed by atoms with Crippen LogP contribution >= 0.6 is 0 Å². The van der Waals surface area contributed by atoms with E-state index in [9.17, 15) is 13.2 Å². The minimum Gasteiger partial charge on any atom is -0.336 e. The van der Waals surface area contributed by atoms with Gasteiger partial charge >= 0.3 is 0 Å². The molecule has 2 heterocycles. The van der Waals surface area contributed by atoms with Gasteiger partial charge in [0, 0.05) is 57.4 Å². The van der Waals surface area contributed by atoms with Crippen molar-refractivity contribution < 1.29 is 13.2 Å². The number of likely N-dealkylation sites (tertiary alicyclic amines) is 1. The molecule has 0 aliphatic carbocycles.